The molecule has 3 atom stereocenters. The third-order valence-corrected chi connectivity index (χ3v) is 5.44. The quantitative estimate of drug-likeness (QED) is 0.500. The summed E-state index contributed by atoms with van der Waals surface area (Å²) in [6.07, 6.45) is 2.68. The number of benzene rings is 1. The molecule has 1 aromatic carbocycles. The highest BCUT2D eigenvalue weighted by Crippen LogP contribution is 2.42. The van der Waals surface area contributed by atoms with Crippen LogP contribution >= 0.6 is 27.7 Å². The smallest absolute Gasteiger partial charge is 0.154 e. The van der Waals surface area contributed by atoms with Gasteiger partial charge in [0.25, 0.3) is 0 Å². The van der Waals surface area contributed by atoms with Gasteiger partial charge < -0.3 is 5.73 Å². The predicted molar refractivity (Wildman–Crippen MR) is 100 cm³/mol. The van der Waals surface area contributed by atoms with Crippen molar-refractivity contribution in [1.29, 1.82) is 5.26 Å². The summed E-state index contributed by atoms with van der Waals surface area (Å²) in [6, 6.07) is 6.51. The lowest BCUT2D eigenvalue weighted by atomic mass is 9.73. The number of nitrogens with two attached hydrogens (primary N) is 1. The van der Waals surface area contributed by atoms with Gasteiger partial charge in [0.2, 0.25) is 0 Å². The molecule has 3 nitrogen and oxygen atoms in total. The lowest BCUT2D eigenvalue weighted by molar-refractivity contribution is 0.164. The molecule has 0 bridgehead atoms. The maximum absolute atomic E-state index is 14.5. The first-order valence-corrected chi connectivity index (χ1v) is 9.61. The first-order valence-electron chi connectivity index (χ1n) is 7.60. The molecular weight excluding hydrogens is 396 g/mol. The number of nitriles is 1. The summed E-state index contributed by atoms with van der Waals surface area (Å²) in [4.78, 5) is 4.38. The molecule has 0 spiro atoms. The van der Waals surface area contributed by atoms with Crippen LogP contribution in [-0.2, 0) is 5.54 Å². The average molecular weight is 418 g/mol. The van der Waals surface area contributed by atoms with E-state index in [-0.39, 0.29) is 22.6 Å². The Morgan fingerprint density at radius 3 is 2.71 bits per heavy atom. The number of amidine groups is 1. The van der Waals surface area contributed by atoms with Gasteiger partial charge in [0.1, 0.15) is 18.0 Å². The molecule has 0 aromatic heterocycles. The van der Waals surface area contributed by atoms with E-state index in [4.69, 9.17) is 11.0 Å². The van der Waals surface area contributed by atoms with Crippen molar-refractivity contribution in [2.45, 2.75) is 32.2 Å². The Kier molecular flexibility index (Phi) is 8.17. The van der Waals surface area contributed by atoms with Crippen molar-refractivity contribution in [2.24, 2.45) is 22.6 Å². The fourth-order valence-corrected chi connectivity index (χ4v) is 3.33. The van der Waals surface area contributed by atoms with E-state index in [0.29, 0.717) is 17.3 Å². The van der Waals surface area contributed by atoms with Gasteiger partial charge in [-0.2, -0.15) is 5.26 Å². The van der Waals surface area contributed by atoms with E-state index in [0.717, 1.165) is 0 Å². The van der Waals surface area contributed by atoms with Crippen LogP contribution < -0.4 is 5.73 Å². The standard InChI is InChI=1S/C17H22BrF2N3S/c1-11(5-4-8-21)12(2)17(10-19,23-16(22)24-3)14-9-13(18)6-7-15(14)20/h6-7,9,11-12H,4-5,10H2,1-3H3,(H2,22,23)/t11-,12+,17-/m0/s1. The van der Waals surface area contributed by atoms with Crippen LogP contribution in [0.15, 0.2) is 27.7 Å². The number of thioether (sulfide) groups is 1. The summed E-state index contributed by atoms with van der Waals surface area (Å²) in [5, 5.41) is 9.00. The van der Waals surface area contributed by atoms with Gasteiger partial charge in [-0.15, -0.1) is 0 Å². The molecule has 0 aliphatic carbocycles. The van der Waals surface area contributed by atoms with E-state index in [9.17, 15) is 8.78 Å². The molecule has 0 saturated heterocycles. The highest BCUT2D eigenvalue weighted by Gasteiger charge is 2.43. The van der Waals surface area contributed by atoms with Crippen LogP contribution in [0.1, 0.15) is 32.3 Å². The van der Waals surface area contributed by atoms with Gasteiger partial charge in [0.15, 0.2) is 5.17 Å². The normalized spacial score (nSPS) is 17.0. The van der Waals surface area contributed by atoms with Gasteiger partial charge in [0, 0.05) is 16.5 Å². The largest absolute Gasteiger partial charge is 0.379 e. The molecule has 0 amide bonds. The van der Waals surface area contributed by atoms with E-state index in [1.807, 2.05) is 13.8 Å². The zero-order valence-electron chi connectivity index (χ0n) is 14.0. The summed E-state index contributed by atoms with van der Waals surface area (Å²) >= 11 is 4.51. The van der Waals surface area contributed by atoms with Crippen LogP contribution in [0, 0.1) is 29.0 Å². The van der Waals surface area contributed by atoms with Crippen molar-refractivity contribution in [3.63, 3.8) is 0 Å². The second-order valence-electron chi connectivity index (χ2n) is 5.80. The molecule has 132 valence electrons. The van der Waals surface area contributed by atoms with Gasteiger partial charge >= 0.3 is 0 Å². The van der Waals surface area contributed by atoms with Crippen LogP contribution in [0.4, 0.5) is 8.78 Å². The van der Waals surface area contributed by atoms with Crippen LogP contribution in [0.3, 0.4) is 0 Å². The van der Waals surface area contributed by atoms with Gasteiger partial charge in [-0.1, -0.05) is 41.5 Å². The molecule has 7 heteroatoms. The highest BCUT2D eigenvalue weighted by molar-refractivity contribution is 9.10. The molecule has 0 heterocycles. The Hall–Kier alpha value is -1.13. The zero-order chi connectivity index (χ0) is 18.3. The van der Waals surface area contributed by atoms with E-state index >= 15 is 0 Å². The van der Waals surface area contributed by atoms with Gasteiger partial charge in [-0.3, -0.25) is 0 Å². The number of hydrogen-bond donors (Lipinski definition) is 1. The molecule has 1 aromatic rings. The Morgan fingerprint density at radius 1 is 1.50 bits per heavy atom. The van der Waals surface area contributed by atoms with Crippen LogP contribution in [0.2, 0.25) is 0 Å². The molecule has 24 heavy (non-hydrogen) atoms. The van der Waals surface area contributed by atoms with E-state index in [1.165, 1.54) is 17.8 Å². The van der Waals surface area contributed by atoms with Gasteiger partial charge in [-0.05, 0) is 42.7 Å². The summed E-state index contributed by atoms with van der Waals surface area (Å²) in [5.41, 5.74) is 4.61. The summed E-state index contributed by atoms with van der Waals surface area (Å²) in [7, 11) is 0. The number of nitrogens with zero attached hydrogens (tertiary/aromatic N) is 2. The van der Waals surface area contributed by atoms with Crippen LogP contribution in [-0.4, -0.2) is 18.1 Å². The molecule has 0 unspecified atom stereocenters. The molecule has 2 N–H and O–H groups in total. The van der Waals surface area contributed by atoms with Crippen LogP contribution in [0.5, 0.6) is 0 Å². The Balaban J connectivity index is 3.51. The van der Waals surface area contributed by atoms with Crippen molar-refractivity contribution >= 4 is 32.9 Å². The Labute approximate surface area is 154 Å². The van der Waals surface area contributed by atoms with Crippen LogP contribution in [0.25, 0.3) is 0 Å². The van der Waals surface area contributed by atoms with Crippen molar-refractivity contribution in [2.75, 3.05) is 12.9 Å². The third-order valence-electron chi connectivity index (χ3n) is 4.44. The number of rotatable bonds is 7. The SMILES string of the molecule is CSC(N)=N[C@](CF)(c1cc(Br)ccc1F)[C@H](C)[C@@H](C)CCC#N. The molecule has 0 aliphatic rings. The summed E-state index contributed by atoms with van der Waals surface area (Å²) in [6.45, 7) is 2.88. The van der Waals surface area contributed by atoms with Crippen molar-refractivity contribution in [3.8, 4) is 6.07 Å². The summed E-state index contributed by atoms with van der Waals surface area (Å²) < 4.78 is 29.5. The minimum atomic E-state index is -1.42. The zero-order valence-corrected chi connectivity index (χ0v) is 16.4. The highest BCUT2D eigenvalue weighted by atomic mass is 79.9. The second kappa shape index (κ2) is 9.38. The van der Waals surface area contributed by atoms with Crippen molar-refractivity contribution < 1.29 is 8.78 Å². The number of alkyl halides is 1. The molecule has 0 fully saturated rings. The minimum absolute atomic E-state index is 0.0304. The van der Waals surface area contributed by atoms with Crippen molar-refractivity contribution in [1.82, 2.24) is 0 Å². The molecule has 0 aliphatic heterocycles. The van der Waals surface area contributed by atoms with Gasteiger partial charge in [0.05, 0.1) is 6.07 Å². The van der Waals surface area contributed by atoms with Gasteiger partial charge in [-0.25, -0.2) is 13.8 Å². The number of hydrogen-bond acceptors (Lipinski definition) is 3. The molecule has 0 saturated carbocycles. The number of aliphatic imine (C=N–C) groups is 1. The molecule has 0 radical (unpaired) electrons. The second-order valence-corrected chi connectivity index (χ2v) is 7.54. The average Bonchev–Trinajstić information content (AvgIpc) is 2.58. The fraction of sp³-hybridized carbons (Fsp3) is 0.529. The van der Waals surface area contributed by atoms with E-state index < -0.39 is 18.0 Å². The fourth-order valence-electron chi connectivity index (χ4n) is 2.72. The van der Waals surface area contributed by atoms with E-state index in [1.54, 1.807) is 18.4 Å². The molecule has 1 rings (SSSR count). The molecular formula is C17H22BrF2N3S. The summed E-state index contributed by atoms with van der Waals surface area (Å²) in [5.74, 6) is -0.893. The third kappa shape index (κ3) is 4.70. The topological polar surface area (TPSA) is 62.2 Å². The number of halogens is 3. The Bertz CT molecular complexity index is 633. The lowest BCUT2D eigenvalue weighted by Gasteiger charge is -2.37. The maximum Gasteiger partial charge on any atom is 0.154 e. The lowest BCUT2D eigenvalue weighted by Crippen LogP contribution is -2.40. The predicted octanol–water partition coefficient (Wildman–Crippen LogP) is 5.01. The van der Waals surface area contributed by atoms with E-state index in [2.05, 4.69) is 27.0 Å². The van der Waals surface area contributed by atoms with Crippen molar-refractivity contribution in [3.05, 3.63) is 34.1 Å². The minimum Gasteiger partial charge on any atom is -0.379 e. The first-order chi connectivity index (χ1) is 11.3. The monoisotopic (exact) mass is 417 g/mol. The Morgan fingerprint density at radius 2 is 2.17 bits per heavy atom. The maximum atomic E-state index is 14.5. The first kappa shape index (κ1) is 20.9.